The van der Waals surface area contributed by atoms with Crippen LogP contribution in [0.3, 0.4) is 0 Å². The number of aryl methyl sites for hydroxylation is 1. The van der Waals surface area contributed by atoms with Crippen LogP contribution in [0.1, 0.15) is 49.9 Å². The van der Waals surface area contributed by atoms with Gasteiger partial charge >= 0.3 is 6.09 Å². The van der Waals surface area contributed by atoms with E-state index >= 15 is 0 Å². The molecule has 1 aliphatic carbocycles. The van der Waals surface area contributed by atoms with Crippen molar-refractivity contribution >= 4 is 62.2 Å². The Kier molecular flexibility index (Phi) is 9.39. The number of piperidine rings is 1. The number of halogens is 1. The molecule has 0 radical (unpaired) electrons. The summed E-state index contributed by atoms with van der Waals surface area (Å²) in [4.78, 5) is 79.4. The molecule has 4 N–H and O–H groups in total. The number of hydrogen-bond acceptors (Lipinski definition) is 9. The molecule has 1 aliphatic heterocycles. The third kappa shape index (κ3) is 6.92. The van der Waals surface area contributed by atoms with Crippen LogP contribution in [0.4, 0.5) is 10.6 Å². The van der Waals surface area contributed by atoms with Crippen LogP contribution in [0.5, 0.6) is 0 Å². The number of anilines is 1. The summed E-state index contributed by atoms with van der Waals surface area (Å²) < 4.78 is 2.00. The number of amides is 4. The van der Waals surface area contributed by atoms with Crippen LogP contribution in [-0.2, 0) is 20.9 Å². The minimum atomic E-state index is -1.31. The molecule has 1 aromatic carbocycles. The first-order valence-corrected chi connectivity index (χ1v) is 16.9. The highest BCUT2D eigenvalue weighted by atomic mass is 79.9. The van der Waals surface area contributed by atoms with Crippen molar-refractivity contribution in [1.29, 1.82) is 0 Å². The van der Waals surface area contributed by atoms with Crippen LogP contribution in [0, 0.1) is 18.3 Å². The van der Waals surface area contributed by atoms with Gasteiger partial charge in [0.25, 0.3) is 0 Å². The van der Waals surface area contributed by atoms with Gasteiger partial charge in [0.15, 0.2) is 5.78 Å². The molecule has 50 heavy (non-hydrogen) atoms. The first-order valence-electron chi connectivity index (χ1n) is 16.1. The lowest BCUT2D eigenvalue weighted by atomic mass is 9.98. The molecular formula is C34H36BrN9O6. The van der Waals surface area contributed by atoms with Gasteiger partial charge in [0.1, 0.15) is 40.6 Å². The number of hydrogen-bond donors (Lipinski definition) is 4. The number of carboxylic acid groups (broad SMARTS) is 1. The molecule has 4 aromatic rings. The molecule has 1 saturated carbocycles. The molecule has 15 nitrogen and oxygen atoms in total. The number of nitrogens with zero attached hydrogens (tertiary/aromatic N) is 6. The van der Waals surface area contributed by atoms with E-state index in [-0.39, 0.29) is 48.9 Å². The van der Waals surface area contributed by atoms with Gasteiger partial charge < -0.3 is 26.0 Å². The lowest BCUT2D eigenvalue weighted by Gasteiger charge is -2.27. The summed E-state index contributed by atoms with van der Waals surface area (Å²) in [7, 11) is 0. The Balaban J connectivity index is 1.27. The molecule has 260 valence electrons. The summed E-state index contributed by atoms with van der Waals surface area (Å²) >= 11 is 3.31. The molecular weight excluding hydrogens is 710 g/mol. The predicted molar refractivity (Wildman–Crippen MR) is 185 cm³/mol. The molecule has 4 heterocycles. The Morgan fingerprint density at radius 1 is 1.06 bits per heavy atom. The van der Waals surface area contributed by atoms with Gasteiger partial charge in [-0.1, -0.05) is 26.0 Å². The lowest BCUT2D eigenvalue weighted by molar-refractivity contribution is -0.138. The van der Waals surface area contributed by atoms with Crippen LogP contribution < -0.4 is 16.0 Å². The average molecular weight is 747 g/mol. The number of Topliss-reactive ketones (excluding diaryl/α,β-unsaturated/α-hetero) is 1. The SMILES string of the molecule is CC(=O)c1nn(CC(=O)N2C3CC3(CNC(=O)[C@@H](NC(=O)O)C(C)C)C[C@H]2C(=O)Nc2cccc(Br)n2)c2ccc(-c3cnc(C)nc3)cc12. The van der Waals surface area contributed by atoms with E-state index in [2.05, 4.69) is 51.9 Å². The third-order valence-electron chi connectivity index (χ3n) is 9.30. The third-order valence-corrected chi connectivity index (χ3v) is 9.74. The highest BCUT2D eigenvalue weighted by Crippen LogP contribution is 2.59. The van der Waals surface area contributed by atoms with Gasteiger partial charge in [-0.3, -0.25) is 23.9 Å². The van der Waals surface area contributed by atoms with Crippen LogP contribution >= 0.6 is 15.9 Å². The molecule has 3 aromatic heterocycles. The molecule has 6 rings (SSSR count). The monoisotopic (exact) mass is 745 g/mol. The summed E-state index contributed by atoms with van der Waals surface area (Å²) in [5.74, 6) is -0.945. The van der Waals surface area contributed by atoms with E-state index in [0.717, 1.165) is 11.1 Å². The number of likely N-dealkylation sites (tertiary alicyclic amines) is 1. The van der Waals surface area contributed by atoms with Crippen molar-refractivity contribution < 1.29 is 29.1 Å². The second-order valence-electron chi connectivity index (χ2n) is 13.1. The second-order valence-corrected chi connectivity index (χ2v) is 14.0. The van der Waals surface area contributed by atoms with Crippen molar-refractivity contribution in [3.63, 3.8) is 0 Å². The number of nitrogens with one attached hydrogen (secondary N) is 3. The van der Waals surface area contributed by atoms with Crippen LogP contribution in [-0.4, -0.2) is 89.0 Å². The molecule has 4 atom stereocenters. The van der Waals surface area contributed by atoms with Gasteiger partial charge in [0.05, 0.1) is 5.52 Å². The summed E-state index contributed by atoms with van der Waals surface area (Å²) in [6.45, 7) is 6.58. The van der Waals surface area contributed by atoms with E-state index in [9.17, 15) is 29.1 Å². The highest BCUT2D eigenvalue weighted by molar-refractivity contribution is 9.10. The molecule has 1 saturated heterocycles. The largest absolute Gasteiger partial charge is 0.465 e. The zero-order valence-corrected chi connectivity index (χ0v) is 29.4. The maximum absolute atomic E-state index is 14.2. The minimum Gasteiger partial charge on any atom is -0.465 e. The lowest BCUT2D eigenvalue weighted by Crippen LogP contribution is -2.50. The molecule has 0 spiro atoms. The number of carbonyl (C=O) groups is 5. The van der Waals surface area contributed by atoms with Gasteiger partial charge in [-0.15, -0.1) is 0 Å². The standard InChI is InChI=1S/C34H36BrN9O6/c1-17(2)29(41-33(49)50)32(48)38-16-34-11-24(31(47)40-27-7-5-6-26(35)39-27)44(25(34)12-34)28(46)15-43-23-9-8-20(21-13-36-19(4)37-14-21)10-22(23)30(42-43)18(3)45/h5-10,13-14,17,24-25,29,41H,11-12,15-16H2,1-4H3,(H,38,48)(H,49,50)(H,39,40,47)/t24-,25?,29-,34?/m0/s1. The highest BCUT2D eigenvalue weighted by Gasteiger charge is 2.67. The maximum Gasteiger partial charge on any atom is 0.405 e. The van der Waals surface area contributed by atoms with E-state index in [1.165, 1.54) is 11.6 Å². The molecule has 2 aliphatic rings. The Morgan fingerprint density at radius 3 is 2.46 bits per heavy atom. The van der Waals surface area contributed by atoms with Crippen molar-refractivity contribution in [3.05, 3.63) is 64.9 Å². The van der Waals surface area contributed by atoms with Crippen molar-refractivity contribution in [2.24, 2.45) is 11.3 Å². The summed E-state index contributed by atoms with van der Waals surface area (Å²) in [5, 5.41) is 22.3. The van der Waals surface area contributed by atoms with E-state index in [1.54, 1.807) is 62.3 Å². The Labute approximate surface area is 295 Å². The fourth-order valence-electron chi connectivity index (χ4n) is 6.69. The number of aromatic nitrogens is 5. The normalized spacial score (nSPS) is 19.9. The number of fused-ring (bicyclic) bond motifs is 2. The van der Waals surface area contributed by atoms with Crippen LogP contribution in [0.25, 0.3) is 22.0 Å². The van der Waals surface area contributed by atoms with Gasteiger partial charge in [-0.05, 0) is 71.4 Å². The van der Waals surface area contributed by atoms with Crippen LogP contribution in [0.15, 0.2) is 53.4 Å². The molecule has 16 heteroatoms. The molecule has 2 fully saturated rings. The van der Waals surface area contributed by atoms with Crippen LogP contribution in [0.2, 0.25) is 0 Å². The Bertz CT molecular complexity index is 2020. The first kappa shape index (κ1) is 34.6. The van der Waals surface area contributed by atoms with Crippen molar-refractivity contribution in [2.75, 3.05) is 11.9 Å². The Hall–Kier alpha value is -5.25. The number of rotatable bonds is 11. The summed E-state index contributed by atoms with van der Waals surface area (Å²) in [6.07, 6.45) is 2.89. The van der Waals surface area contributed by atoms with Gasteiger partial charge in [0.2, 0.25) is 17.7 Å². The fourth-order valence-corrected chi connectivity index (χ4v) is 7.03. The maximum atomic E-state index is 14.2. The topological polar surface area (TPSA) is 201 Å². The number of benzene rings is 1. The Morgan fingerprint density at radius 2 is 1.80 bits per heavy atom. The summed E-state index contributed by atoms with van der Waals surface area (Å²) in [6, 6.07) is 8.32. The van der Waals surface area contributed by atoms with E-state index in [1.807, 2.05) is 12.1 Å². The smallest absolute Gasteiger partial charge is 0.405 e. The van der Waals surface area contributed by atoms with Gasteiger partial charge in [0, 0.05) is 48.3 Å². The zero-order chi connectivity index (χ0) is 35.9. The van der Waals surface area contributed by atoms with Crippen molar-refractivity contribution in [2.45, 2.75) is 65.2 Å². The zero-order valence-electron chi connectivity index (χ0n) is 27.8. The van der Waals surface area contributed by atoms with Gasteiger partial charge in [-0.25, -0.2) is 19.7 Å². The first-order chi connectivity index (χ1) is 23.8. The van der Waals surface area contributed by atoms with E-state index < -0.39 is 35.4 Å². The van der Waals surface area contributed by atoms with Crippen molar-refractivity contribution in [3.8, 4) is 11.1 Å². The molecule has 4 amide bonds. The van der Waals surface area contributed by atoms with E-state index in [0.29, 0.717) is 33.6 Å². The van der Waals surface area contributed by atoms with Gasteiger partial charge in [-0.2, -0.15) is 5.10 Å². The number of ketones is 1. The number of carbonyl (C=O) groups excluding carboxylic acids is 4. The minimum absolute atomic E-state index is 0.147. The molecule has 2 unspecified atom stereocenters. The second kappa shape index (κ2) is 13.6. The molecule has 0 bridgehead atoms. The fraction of sp³-hybridized carbons (Fsp3) is 0.382. The number of pyridine rings is 1. The van der Waals surface area contributed by atoms with Crippen molar-refractivity contribution in [1.82, 2.24) is 40.3 Å². The van der Waals surface area contributed by atoms with E-state index in [4.69, 9.17) is 0 Å². The summed E-state index contributed by atoms with van der Waals surface area (Å²) in [5.41, 5.74) is 1.73. The predicted octanol–water partition coefficient (Wildman–Crippen LogP) is 3.57. The average Bonchev–Trinajstić information content (AvgIpc) is 3.48. The quantitative estimate of drug-likeness (QED) is 0.130.